The molecule has 0 aromatic heterocycles. The van der Waals surface area contributed by atoms with E-state index in [0.29, 0.717) is 19.3 Å². The number of esters is 1. The molecule has 0 bridgehead atoms. The van der Waals surface area contributed by atoms with Gasteiger partial charge in [0, 0.05) is 6.92 Å². The van der Waals surface area contributed by atoms with Gasteiger partial charge in [-0.25, -0.2) is 0 Å². The minimum absolute atomic E-state index is 0.276. The van der Waals surface area contributed by atoms with Crippen molar-refractivity contribution in [2.45, 2.75) is 105 Å². The maximum Gasteiger partial charge on any atom is 0.302 e. The van der Waals surface area contributed by atoms with Crippen molar-refractivity contribution in [1.29, 1.82) is 0 Å². The number of hydrogen-bond donors (Lipinski definition) is 2. The van der Waals surface area contributed by atoms with E-state index >= 15 is 0 Å². The highest BCUT2D eigenvalue weighted by Crippen LogP contribution is 2.21. The van der Waals surface area contributed by atoms with E-state index in [9.17, 15) is 15.0 Å². The average molecular weight is 395 g/mol. The molecule has 0 unspecified atom stereocenters. The Hall–Kier alpha value is -1.39. The Bertz CT molecular complexity index is 537. The van der Waals surface area contributed by atoms with Gasteiger partial charge in [0.2, 0.25) is 0 Å². The molecule has 0 fully saturated rings. The first-order valence-electron chi connectivity index (χ1n) is 10.5. The molecule has 0 aromatic carbocycles. The van der Waals surface area contributed by atoms with Gasteiger partial charge in [-0.15, -0.1) is 0 Å². The average Bonchev–Trinajstić information content (AvgIpc) is 2.58. The molecule has 2 atom stereocenters. The number of hydrogen-bond acceptors (Lipinski definition) is 4. The maximum atomic E-state index is 10.7. The number of ether oxygens (including phenoxy) is 1. The number of allylic oxidation sites excluding steroid dienone is 6. The number of aliphatic hydroxyl groups is 2. The summed E-state index contributed by atoms with van der Waals surface area (Å²) in [5.74, 6) is -0.321. The summed E-state index contributed by atoms with van der Waals surface area (Å²) in [6.45, 7) is 11.9. The Morgan fingerprint density at radius 2 is 1.50 bits per heavy atom. The van der Waals surface area contributed by atoms with E-state index in [0.717, 1.165) is 32.1 Å². The van der Waals surface area contributed by atoms with Crippen LogP contribution in [0.25, 0.3) is 0 Å². The van der Waals surface area contributed by atoms with Gasteiger partial charge in [0.1, 0.15) is 0 Å². The van der Waals surface area contributed by atoms with Crippen molar-refractivity contribution in [2.75, 3.05) is 6.61 Å². The predicted octanol–water partition coefficient (Wildman–Crippen LogP) is 5.64. The molecule has 0 heterocycles. The lowest BCUT2D eigenvalue weighted by Gasteiger charge is -2.29. The molecule has 0 rings (SSSR count). The van der Waals surface area contributed by atoms with Gasteiger partial charge < -0.3 is 14.9 Å². The molecule has 4 heteroatoms. The fourth-order valence-electron chi connectivity index (χ4n) is 2.95. The van der Waals surface area contributed by atoms with Crippen molar-refractivity contribution in [3.63, 3.8) is 0 Å². The van der Waals surface area contributed by atoms with E-state index in [1.165, 1.54) is 23.6 Å². The molecular formula is C24H42O4. The highest BCUT2D eigenvalue weighted by atomic mass is 16.5. The van der Waals surface area contributed by atoms with E-state index < -0.39 is 11.7 Å². The van der Waals surface area contributed by atoms with E-state index in [-0.39, 0.29) is 12.6 Å². The summed E-state index contributed by atoms with van der Waals surface area (Å²) >= 11 is 0. The molecule has 0 radical (unpaired) electrons. The van der Waals surface area contributed by atoms with Crippen LogP contribution in [0.15, 0.2) is 34.9 Å². The second-order valence-corrected chi connectivity index (χ2v) is 8.35. The Morgan fingerprint density at radius 1 is 0.964 bits per heavy atom. The smallest absolute Gasteiger partial charge is 0.302 e. The quantitative estimate of drug-likeness (QED) is 0.227. The summed E-state index contributed by atoms with van der Waals surface area (Å²) in [6, 6.07) is 0. The van der Waals surface area contributed by atoms with Crippen LogP contribution in [0.5, 0.6) is 0 Å². The van der Waals surface area contributed by atoms with Crippen LogP contribution in [0.4, 0.5) is 0 Å². The topological polar surface area (TPSA) is 66.8 Å². The zero-order valence-corrected chi connectivity index (χ0v) is 18.9. The molecule has 0 aliphatic rings. The Morgan fingerprint density at radius 3 is 2.04 bits per heavy atom. The van der Waals surface area contributed by atoms with Gasteiger partial charge in [0.25, 0.3) is 0 Å². The molecule has 4 nitrogen and oxygen atoms in total. The Kier molecular flexibility index (Phi) is 13.9. The van der Waals surface area contributed by atoms with Crippen LogP contribution in [-0.4, -0.2) is 34.5 Å². The first kappa shape index (κ1) is 26.6. The molecule has 0 saturated heterocycles. The normalized spacial score (nSPS) is 15.7. The third-order valence-electron chi connectivity index (χ3n) is 4.91. The van der Waals surface area contributed by atoms with Crippen molar-refractivity contribution in [3.8, 4) is 0 Å². The SMILES string of the molecule is CC(=O)OCCC[C@@](C)(O)[C@H](O)CC/C=C(\C)CC/C=C(\C)CCC=C(C)C. The fraction of sp³-hybridized carbons (Fsp3) is 0.708. The third-order valence-corrected chi connectivity index (χ3v) is 4.91. The van der Waals surface area contributed by atoms with Crippen molar-refractivity contribution in [1.82, 2.24) is 0 Å². The zero-order chi connectivity index (χ0) is 21.6. The van der Waals surface area contributed by atoms with Crippen molar-refractivity contribution < 1.29 is 19.7 Å². The Labute approximate surface area is 172 Å². The summed E-state index contributed by atoms with van der Waals surface area (Å²) < 4.78 is 4.87. The predicted molar refractivity (Wildman–Crippen MR) is 117 cm³/mol. The lowest BCUT2D eigenvalue weighted by Crippen LogP contribution is -2.39. The van der Waals surface area contributed by atoms with Gasteiger partial charge in [-0.05, 0) is 86.0 Å². The van der Waals surface area contributed by atoms with E-state index in [1.54, 1.807) is 6.92 Å². The Balaban J connectivity index is 4.14. The van der Waals surface area contributed by atoms with E-state index in [1.807, 2.05) is 0 Å². The van der Waals surface area contributed by atoms with Crippen LogP contribution in [0, 0.1) is 0 Å². The van der Waals surface area contributed by atoms with Crippen molar-refractivity contribution in [3.05, 3.63) is 34.9 Å². The highest BCUT2D eigenvalue weighted by Gasteiger charge is 2.29. The second kappa shape index (κ2) is 14.6. The molecule has 0 amide bonds. The van der Waals surface area contributed by atoms with Crippen LogP contribution in [0.1, 0.15) is 92.9 Å². The summed E-state index contributed by atoms with van der Waals surface area (Å²) in [5.41, 5.74) is 2.96. The minimum Gasteiger partial charge on any atom is -0.466 e. The molecule has 0 spiro atoms. The molecule has 162 valence electrons. The largest absolute Gasteiger partial charge is 0.466 e. The van der Waals surface area contributed by atoms with Crippen molar-refractivity contribution >= 4 is 5.97 Å². The number of rotatable bonds is 14. The van der Waals surface area contributed by atoms with E-state index in [2.05, 4.69) is 45.9 Å². The van der Waals surface area contributed by atoms with Gasteiger partial charge in [0.15, 0.2) is 0 Å². The van der Waals surface area contributed by atoms with Gasteiger partial charge in [-0.1, -0.05) is 34.9 Å². The zero-order valence-electron chi connectivity index (χ0n) is 18.9. The molecule has 0 aromatic rings. The van der Waals surface area contributed by atoms with Gasteiger partial charge in [-0.2, -0.15) is 0 Å². The number of aliphatic hydroxyl groups excluding tert-OH is 1. The highest BCUT2D eigenvalue weighted by molar-refractivity contribution is 5.65. The molecule has 2 N–H and O–H groups in total. The number of carbonyl (C=O) groups is 1. The summed E-state index contributed by atoms with van der Waals surface area (Å²) in [7, 11) is 0. The standard InChI is InChI=1S/C24H42O4/c1-19(2)11-7-12-20(3)13-8-14-21(4)15-9-16-23(26)24(6,27)17-10-18-28-22(5)25/h11,13,15,23,26-27H,7-10,12,14,16-18H2,1-6H3/b20-13+,21-15+/t23-,24-/m1/s1. The molecular weight excluding hydrogens is 352 g/mol. The minimum atomic E-state index is -1.16. The number of carbonyl (C=O) groups excluding carboxylic acids is 1. The molecule has 0 saturated carbocycles. The maximum absolute atomic E-state index is 10.7. The van der Waals surface area contributed by atoms with Crippen LogP contribution in [0.2, 0.25) is 0 Å². The summed E-state index contributed by atoms with van der Waals surface area (Å²) in [4.78, 5) is 10.7. The van der Waals surface area contributed by atoms with Gasteiger partial charge in [0.05, 0.1) is 18.3 Å². The summed E-state index contributed by atoms with van der Waals surface area (Å²) in [5, 5.41) is 20.7. The van der Waals surface area contributed by atoms with E-state index in [4.69, 9.17) is 4.74 Å². The monoisotopic (exact) mass is 394 g/mol. The lowest BCUT2D eigenvalue weighted by molar-refractivity contribution is -0.141. The molecule has 0 aliphatic heterocycles. The first-order valence-corrected chi connectivity index (χ1v) is 10.5. The molecule has 28 heavy (non-hydrogen) atoms. The second-order valence-electron chi connectivity index (χ2n) is 8.35. The third kappa shape index (κ3) is 14.6. The van der Waals surface area contributed by atoms with Gasteiger partial charge >= 0.3 is 5.97 Å². The fourth-order valence-corrected chi connectivity index (χ4v) is 2.95. The van der Waals surface area contributed by atoms with Crippen LogP contribution in [-0.2, 0) is 9.53 Å². The lowest BCUT2D eigenvalue weighted by atomic mass is 9.90. The van der Waals surface area contributed by atoms with Crippen LogP contribution in [0.3, 0.4) is 0 Å². The van der Waals surface area contributed by atoms with Crippen LogP contribution < -0.4 is 0 Å². The first-order chi connectivity index (χ1) is 13.0. The van der Waals surface area contributed by atoms with Crippen molar-refractivity contribution in [2.24, 2.45) is 0 Å². The summed E-state index contributed by atoms with van der Waals surface area (Å²) in [6.07, 6.45) is 12.5. The van der Waals surface area contributed by atoms with Gasteiger partial charge in [-0.3, -0.25) is 4.79 Å². The molecule has 0 aliphatic carbocycles. The van der Waals surface area contributed by atoms with Crippen LogP contribution >= 0.6 is 0 Å².